The predicted octanol–water partition coefficient (Wildman–Crippen LogP) is 6.64. The number of nitrogens with zero attached hydrogens (tertiary/aromatic N) is 2. The molecule has 0 amide bonds. The first kappa shape index (κ1) is 18.7. The molecule has 0 saturated heterocycles. The Balaban J connectivity index is 1.69. The highest BCUT2D eigenvalue weighted by molar-refractivity contribution is 8.00. The molecule has 0 aliphatic heterocycles. The largest absolute Gasteiger partial charge is 0.336 e. The van der Waals surface area contributed by atoms with Crippen molar-refractivity contribution in [1.29, 1.82) is 0 Å². The maximum absolute atomic E-state index is 6.15. The van der Waals surface area contributed by atoms with E-state index in [4.69, 9.17) is 34.8 Å². The third-order valence-electron chi connectivity index (χ3n) is 3.84. The van der Waals surface area contributed by atoms with Gasteiger partial charge in [-0.2, -0.15) is 0 Å². The summed E-state index contributed by atoms with van der Waals surface area (Å²) in [5.74, 6) is 0. The van der Waals surface area contributed by atoms with Gasteiger partial charge in [0.25, 0.3) is 0 Å². The maximum atomic E-state index is 6.15. The first-order chi connectivity index (χ1) is 12.1. The fourth-order valence-corrected chi connectivity index (χ4v) is 4.23. The standard InChI is InChI=1S/C19H17Cl3N2S/c20-15-4-1-14(2-5-15)3-6-17(12-24-10-9-23-13-24)25-16-7-8-18(21)19(22)11-16/h1-2,4-5,7-11,13,17H,3,6,12H2. The van der Waals surface area contributed by atoms with Crippen LogP contribution in [0.5, 0.6) is 0 Å². The molecule has 1 aromatic heterocycles. The Morgan fingerprint density at radius 3 is 2.48 bits per heavy atom. The molecular formula is C19H17Cl3N2S. The van der Waals surface area contributed by atoms with Crippen LogP contribution in [0, 0.1) is 0 Å². The van der Waals surface area contributed by atoms with E-state index < -0.39 is 0 Å². The summed E-state index contributed by atoms with van der Waals surface area (Å²) < 4.78 is 2.11. The Morgan fingerprint density at radius 2 is 1.80 bits per heavy atom. The van der Waals surface area contributed by atoms with Crippen LogP contribution >= 0.6 is 46.6 Å². The van der Waals surface area contributed by atoms with E-state index in [-0.39, 0.29) is 0 Å². The summed E-state index contributed by atoms with van der Waals surface area (Å²) in [5.41, 5.74) is 1.29. The minimum absolute atomic E-state index is 0.391. The lowest BCUT2D eigenvalue weighted by molar-refractivity contribution is 0.624. The van der Waals surface area contributed by atoms with E-state index in [9.17, 15) is 0 Å². The lowest BCUT2D eigenvalue weighted by Crippen LogP contribution is -2.13. The van der Waals surface area contributed by atoms with Crippen molar-refractivity contribution >= 4 is 46.6 Å². The molecule has 0 radical (unpaired) electrons. The molecule has 3 aromatic rings. The molecule has 130 valence electrons. The van der Waals surface area contributed by atoms with E-state index in [0.717, 1.165) is 29.3 Å². The number of hydrogen-bond acceptors (Lipinski definition) is 2. The number of thioether (sulfide) groups is 1. The van der Waals surface area contributed by atoms with Crippen LogP contribution in [0.3, 0.4) is 0 Å². The Morgan fingerprint density at radius 1 is 1.00 bits per heavy atom. The second-order valence-corrected chi connectivity index (χ2v) is 8.37. The van der Waals surface area contributed by atoms with Crippen molar-refractivity contribution in [3.8, 4) is 0 Å². The van der Waals surface area contributed by atoms with Crippen LogP contribution in [-0.4, -0.2) is 14.8 Å². The topological polar surface area (TPSA) is 17.8 Å². The van der Waals surface area contributed by atoms with Crippen molar-refractivity contribution in [2.45, 2.75) is 29.5 Å². The summed E-state index contributed by atoms with van der Waals surface area (Å²) in [6.45, 7) is 0.887. The highest BCUT2D eigenvalue weighted by Gasteiger charge is 2.13. The molecule has 2 aromatic carbocycles. The molecular weight excluding hydrogens is 395 g/mol. The van der Waals surface area contributed by atoms with Crippen LogP contribution in [0.4, 0.5) is 0 Å². The SMILES string of the molecule is Clc1ccc(CCC(Cn2ccnc2)Sc2ccc(Cl)c(Cl)c2)cc1. The van der Waals surface area contributed by atoms with Crippen LogP contribution in [-0.2, 0) is 13.0 Å². The zero-order valence-electron chi connectivity index (χ0n) is 13.4. The van der Waals surface area contributed by atoms with Crippen molar-refractivity contribution in [2.75, 3.05) is 0 Å². The summed E-state index contributed by atoms with van der Waals surface area (Å²) >= 11 is 20.0. The minimum atomic E-state index is 0.391. The maximum Gasteiger partial charge on any atom is 0.0946 e. The first-order valence-electron chi connectivity index (χ1n) is 7.92. The van der Waals surface area contributed by atoms with Crippen LogP contribution < -0.4 is 0 Å². The van der Waals surface area contributed by atoms with E-state index in [1.165, 1.54) is 5.56 Å². The third kappa shape index (κ3) is 5.68. The van der Waals surface area contributed by atoms with Crippen molar-refractivity contribution in [2.24, 2.45) is 0 Å². The number of hydrogen-bond donors (Lipinski definition) is 0. The van der Waals surface area contributed by atoms with Gasteiger partial charge in [-0.05, 0) is 48.7 Å². The summed E-state index contributed by atoms with van der Waals surface area (Å²) in [7, 11) is 0. The van der Waals surface area contributed by atoms with Gasteiger partial charge in [0.15, 0.2) is 0 Å². The van der Waals surface area contributed by atoms with Crippen molar-refractivity contribution < 1.29 is 0 Å². The molecule has 2 nitrogen and oxygen atoms in total. The predicted molar refractivity (Wildman–Crippen MR) is 108 cm³/mol. The van der Waals surface area contributed by atoms with Crippen molar-refractivity contribution in [3.05, 3.63) is 81.8 Å². The van der Waals surface area contributed by atoms with Crippen LogP contribution in [0.25, 0.3) is 0 Å². The summed E-state index contributed by atoms with van der Waals surface area (Å²) in [6, 6.07) is 13.8. The average Bonchev–Trinajstić information content (AvgIpc) is 3.10. The summed E-state index contributed by atoms with van der Waals surface area (Å²) in [6.07, 6.45) is 7.67. The number of aryl methyl sites for hydroxylation is 1. The summed E-state index contributed by atoms with van der Waals surface area (Å²) in [5, 5.41) is 2.33. The molecule has 1 atom stereocenters. The molecule has 0 bridgehead atoms. The molecule has 0 fully saturated rings. The minimum Gasteiger partial charge on any atom is -0.336 e. The van der Waals surface area contributed by atoms with Gasteiger partial charge in [-0.3, -0.25) is 0 Å². The number of imidazole rings is 1. The van der Waals surface area contributed by atoms with Gasteiger partial charge in [0.05, 0.1) is 16.4 Å². The number of aromatic nitrogens is 2. The Labute approximate surface area is 167 Å². The van der Waals surface area contributed by atoms with E-state index in [0.29, 0.717) is 15.3 Å². The molecule has 25 heavy (non-hydrogen) atoms. The van der Waals surface area contributed by atoms with Gasteiger partial charge in [-0.1, -0.05) is 46.9 Å². The summed E-state index contributed by atoms with van der Waals surface area (Å²) in [4.78, 5) is 5.26. The van der Waals surface area contributed by atoms with E-state index in [1.807, 2.05) is 54.6 Å². The van der Waals surface area contributed by atoms with Crippen LogP contribution in [0.15, 0.2) is 66.1 Å². The average molecular weight is 412 g/mol. The third-order valence-corrected chi connectivity index (χ3v) is 6.07. The molecule has 1 unspecified atom stereocenters. The van der Waals surface area contributed by atoms with Crippen molar-refractivity contribution in [3.63, 3.8) is 0 Å². The van der Waals surface area contributed by atoms with Gasteiger partial charge >= 0.3 is 0 Å². The van der Waals surface area contributed by atoms with Gasteiger partial charge in [-0.15, -0.1) is 11.8 Å². The van der Waals surface area contributed by atoms with Crippen LogP contribution in [0.1, 0.15) is 12.0 Å². The lowest BCUT2D eigenvalue weighted by atomic mass is 10.1. The van der Waals surface area contributed by atoms with E-state index >= 15 is 0 Å². The lowest BCUT2D eigenvalue weighted by Gasteiger charge is -2.18. The monoisotopic (exact) mass is 410 g/mol. The Hall–Kier alpha value is -1.13. The second kappa shape index (κ2) is 9.00. The highest BCUT2D eigenvalue weighted by Crippen LogP contribution is 2.32. The number of benzene rings is 2. The fourth-order valence-electron chi connectivity index (χ4n) is 2.54. The number of rotatable bonds is 7. The molecule has 1 heterocycles. The van der Waals surface area contributed by atoms with Gasteiger partial charge < -0.3 is 4.57 Å². The quantitative estimate of drug-likeness (QED) is 0.406. The van der Waals surface area contributed by atoms with Crippen molar-refractivity contribution in [1.82, 2.24) is 9.55 Å². The van der Waals surface area contributed by atoms with Gasteiger partial charge in [0.2, 0.25) is 0 Å². The fraction of sp³-hybridized carbons (Fsp3) is 0.211. The zero-order chi connectivity index (χ0) is 17.6. The molecule has 0 N–H and O–H groups in total. The molecule has 6 heteroatoms. The first-order valence-corrected chi connectivity index (χ1v) is 9.93. The number of halogens is 3. The smallest absolute Gasteiger partial charge is 0.0946 e. The molecule has 3 rings (SSSR count). The Bertz CT molecular complexity index is 804. The van der Waals surface area contributed by atoms with Crippen LogP contribution in [0.2, 0.25) is 15.1 Å². The zero-order valence-corrected chi connectivity index (χ0v) is 16.5. The normalized spacial score (nSPS) is 12.3. The van der Waals surface area contributed by atoms with Gasteiger partial charge in [0.1, 0.15) is 0 Å². The molecule has 0 aliphatic rings. The second-order valence-electron chi connectivity index (χ2n) is 5.74. The van der Waals surface area contributed by atoms with Gasteiger partial charge in [-0.25, -0.2) is 4.98 Å². The van der Waals surface area contributed by atoms with Gasteiger partial charge in [0, 0.05) is 34.1 Å². The highest BCUT2D eigenvalue weighted by atomic mass is 35.5. The molecule has 0 saturated carbocycles. The van der Waals surface area contributed by atoms with E-state index in [2.05, 4.69) is 21.7 Å². The Kier molecular flexibility index (Phi) is 6.71. The van der Waals surface area contributed by atoms with E-state index in [1.54, 1.807) is 6.20 Å². The molecule has 0 aliphatic carbocycles. The molecule has 0 spiro atoms.